The van der Waals surface area contributed by atoms with E-state index in [9.17, 15) is 0 Å². The summed E-state index contributed by atoms with van der Waals surface area (Å²) in [5.41, 5.74) is 3.12. The summed E-state index contributed by atoms with van der Waals surface area (Å²) in [6.07, 6.45) is 0. The molecule has 2 aromatic carbocycles. The summed E-state index contributed by atoms with van der Waals surface area (Å²) in [7, 11) is 3.99. The highest BCUT2D eigenvalue weighted by atomic mass is 16.5. The van der Waals surface area contributed by atoms with Gasteiger partial charge >= 0.3 is 0 Å². The number of aromatic nitrogens is 2. The molecule has 5 heteroatoms. The number of hydrogen-bond donors (Lipinski definition) is 0. The molecule has 0 unspecified atom stereocenters. The fraction of sp³-hybridized carbons (Fsp3) is 0.222. The molecule has 0 saturated heterocycles. The van der Waals surface area contributed by atoms with Gasteiger partial charge in [-0.1, -0.05) is 29.4 Å². The van der Waals surface area contributed by atoms with Gasteiger partial charge in [-0.25, -0.2) is 0 Å². The highest BCUT2D eigenvalue weighted by Gasteiger charge is 2.11. The third-order valence-electron chi connectivity index (χ3n) is 3.55. The molecular formula is C18H19N3O2. The number of rotatable bonds is 5. The zero-order chi connectivity index (χ0) is 16.2. The molecule has 0 aliphatic rings. The Balaban J connectivity index is 1.70. The summed E-state index contributed by atoms with van der Waals surface area (Å²) in [4.78, 5) is 6.43. The van der Waals surface area contributed by atoms with E-state index in [4.69, 9.17) is 9.26 Å². The highest BCUT2D eigenvalue weighted by Crippen LogP contribution is 2.22. The van der Waals surface area contributed by atoms with Gasteiger partial charge in [0.2, 0.25) is 5.82 Å². The Kier molecular flexibility index (Phi) is 4.28. The van der Waals surface area contributed by atoms with E-state index in [-0.39, 0.29) is 6.61 Å². The van der Waals surface area contributed by atoms with Crippen LogP contribution in [-0.2, 0) is 6.61 Å². The van der Waals surface area contributed by atoms with Crippen LogP contribution in [0.2, 0.25) is 0 Å². The lowest BCUT2D eigenvalue weighted by Gasteiger charge is -2.13. The van der Waals surface area contributed by atoms with Crippen LogP contribution in [0.4, 0.5) is 5.69 Å². The Morgan fingerprint density at radius 1 is 1.09 bits per heavy atom. The average molecular weight is 309 g/mol. The summed E-state index contributed by atoms with van der Waals surface area (Å²) in [6.45, 7) is 2.29. The van der Waals surface area contributed by atoms with E-state index in [1.165, 1.54) is 0 Å². The van der Waals surface area contributed by atoms with E-state index in [0.29, 0.717) is 11.7 Å². The van der Waals surface area contributed by atoms with E-state index in [1.54, 1.807) is 0 Å². The molecule has 0 aliphatic heterocycles. The fourth-order valence-corrected chi connectivity index (χ4v) is 2.23. The van der Waals surface area contributed by atoms with Crippen LogP contribution in [0.25, 0.3) is 11.5 Å². The van der Waals surface area contributed by atoms with Crippen molar-refractivity contribution in [1.82, 2.24) is 10.1 Å². The van der Waals surface area contributed by atoms with Crippen molar-refractivity contribution >= 4 is 5.69 Å². The zero-order valence-corrected chi connectivity index (χ0v) is 13.5. The number of nitrogens with zero attached hydrogens (tertiary/aromatic N) is 3. The maximum atomic E-state index is 5.75. The molecule has 0 bridgehead atoms. The van der Waals surface area contributed by atoms with Gasteiger partial charge in [0, 0.05) is 31.4 Å². The molecule has 0 N–H and O–H groups in total. The minimum absolute atomic E-state index is 0.270. The standard InChI is InChI=1S/C18H19N3O2/c1-13-7-4-5-10-16(13)18-19-17(20-23-18)12-22-15-9-6-8-14(11-15)21(2)3/h4-11H,12H2,1-3H3. The topological polar surface area (TPSA) is 51.4 Å². The predicted molar refractivity (Wildman–Crippen MR) is 89.6 cm³/mol. The largest absolute Gasteiger partial charge is 0.485 e. The molecule has 0 fully saturated rings. The third kappa shape index (κ3) is 3.51. The van der Waals surface area contributed by atoms with E-state index < -0.39 is 0 Å². The lowest BCUT2D eigenvalue weighted by Crippen LogP contribution is -2.08. The van der Waals surface area contributed by atoms with E-state index in [2.05, 4.69) is 10.1 Å². The molecular weight excluding hydrogens is 290 g/mol. The Hall–Kier alpha value is -2.82. The third-order valence-corrected chi connectivity index (χ3v) is 3.55. The van der Waals surface area contributed by atoms with Crippen LogP contribution in [-0.4, -0.2) is 24.2 Å². The second-order valence-electron chi connectivity index (χ2n) is 5.51. The van der Waals surface area contributed by atoms with E-state index in [0.717, 1.165) is 22.6 Å². The molecule has 1 heterocycles. The van der Waals surface area contributed by atoms with Gasteiger partial charge in [-0.3, -0.25) is 0 Å². The summed E-state index contributed by atoms with van der Waals surface area (Å²) in [5, 5.41) is 3.98. The van der Waals surface area contributed by atoms with Gasteiger partial charge < -0.3 is 14.2 Å². The Labute approximate surface area is 135 Å². The number of hydrogen-bond acceptors (Lipinski definition) is 5. The lowest BCUT2D eigenvalue weighted by atomic mass is 10.1. The maximum absolute atomic E-state index is 5.75. The van der Waals surface area contributed by atoms with Crippen molar-refractivity contribution in [2.75, 3.05) is 19.0 Å². The number of anilines is 1. The molecule has 3 aromatic rings. The van der Waals surface area contributed by atoms with Gasteiger partial charge in [-0.15, -0.1) is 0 Å². The first-order chi connectivity index (χ1) is 11.1. The van der Waals surface area contributed by atoms with Gasteiger partial charge in [0.15, 0.2) is 6.61 Å². The van der Waals surface area contributed by atoms with Gasteiger partial charge in [0.1, 0.15) is 5.75 Å². The molecule has 0 atom stereocenters. The van der Waals surface area contributed by atoms with Crippen LogP contribution >= 0.6 is 0 Å². The van der Waals surface area contributed by atoms with Crippen molar-refractivity contribution < 1.29 is 9.26 Å². The SMILES string of the molecule is Cc1ccccc1-c1nc(COc2cccc(N(C)C)c2)no1. The molecule has 0 amide bonds. The molecule has 0 aliphatic carbocycles. The monoisotopic (exact) mass is 309 g/mol. The number of benzene rings is 2. The van der Waals surface area contributed by atoms with Crippen LogP contribution in [0.5, 0.6) is 5.75 Å². The predicted octanol–water partition coefficient (Wildman–Crippen LogP) is 3.69. The van der Waals surface area contributed by atoms with E-state index >= 15 is 0 Å². The zero-order valence-electron chi connectivity index (χ0n) is 13.5. The Morgan fingerprint density at radius 2 is 1.91 bits per heavy atom. The highest BCUT2D eigenvalue weighted by molar-refractivity contribution is 5.57. The molecule has 23 heavy (non-hydrogen) atoms. The van der Waals surface area contributed by atoms with Gasteiger partial charge in [-0.05, 0) is 30.7 Å². The van der Waals surface area contributed by atoms with Gasteiger partial charge in [0.05, 0.1) is 0 Å². The second kappa shape index (κ2) is 6.52. The Morgan fingerprint density at radius 3 is 2.70 bits per heavy atom. The van der Waals surface area contributed by atoms with Gasteiger partial charge in [0.25, 0.3) is 5.89 Å². The lowest BCUT2D eigenvalue weighted by molar-refractivity contribution is 0.287. The summed E-state index contributed by atoms with van der Waals surface area (Å²) < 4.78 is 11.1. The van der Waals surface area contributed by atoms with Crippen molar-refractivity contribution in [3.8, 4) is 17.2 Å². The fourth-order valence-electron chi connectivity index (χ4n) is 2.23. The van der Waals surface area contributed by atoms with Crippen LogP contribution in [0.15, 0.2) is 53.1 Å². The normalized spacial score (nSPS) is 10.6. The Bertz CT molecular complexity index is 796. The molecule has 1 aromatic heterocycles. The molecule has 5 nitrogen and oxygen atoms in total. The first-order valence-corrected chi connectivity index (χ1v) is 7.42. The quantitative estimate of drug-likeness (QED) is 0.719. The second-order valence-corrected chi connectivity index (χ2v) is 5.51. The minimum Gasteiger partial charge on any atom is -0.485 e. The molecule has 0 saturated carbocycles. The number of ether oxygens (including phenoxy) is 1. The van der Waals surface area contributed by atoms with Crippen LogP contribution < -0.4 is 9.64 Å². The van der Waals surface area contributed by atoms with E-state index in [1.807, 2.05) is 74.4 Å². The van der Waals surface area contributed by atoms with Crippen molar-refractivity contribution in [2.45, 2.75) is 13.5 Å². The van der Waals surface area contributed by atoms with Crippen molar-refractivity contribution in [3.63, 3.8) is 0 Å². The van der Waals surface area contributed by atoms with Crippen LogP contribution in [0.3, 0.4) is 0 Å². The summed E-state index contributed by atoms with van der Waals surface area (Å²) in [5.74, 6) is 1.82. The molecule has 118 valence electrons. The van der Waals surface area contributed by atoms with Crippen LogP contribution in [0, 0.1) is 6.92 Å². The van der Waals surface area contributed by atoms with Gasteiger partial charge in [-0.2, -0.15) is 4.98 Å². The number of aryl methyl sites for hydroxylation is 1. The molecule has 0 spiro atoms. The minimum atomic E-state index is 0.270. The summed E-state index contributed by atoms with van der Waals surface area (Å²) >= 11 is 0. The maximum Gasteiger partial charge on any atom is 0.258 e. The first kappa shape index (κ1) is 15.1. The smallest absolute Gasteiger partial charge is 0.258 e. The summed E-state index contributed by atoms with van der Waals surface area (Å²) in [6, 6.07) is 15.8. The average Bonchev–Trinajstić information content (AvgIpc) is 3.02. The van der Waals surface area contributed by atoms with Crippen molar-refractivity contribution in [2.24, 2.45) is 0 Å². The van der Waals surface area contributed by atoms with Crippen molar-refractivity contribution in [3.05, 3.63) is 59.9 Å². The first-order valence-electron chi connectivity index (χ1n) is 7.42. The molecule has 0 radical (unpaired) electrons. The molecule has 3 rings (SSSR count). The van der Waals surface area contributed by atoms with Crippen molar-refractivity contribution in [1.29, 1.82) is 0 Å². The van der Waals surface area contributed by atoms with Crippen LogP contribution in [0.1, 0.15) is 11.4 Å².